The molecule has 0 saturated heterocycles. The molecule has 0 fully saturated rings. The van der Waals surface area contributed by atoms with Crippen molar-refractivity contribution in [3.8, 4) is 5.75 Å². The molecule has 2 N–H and O–H groups in total. The average Bonchev–Trinajstić information content (AvgIpc) is 2.55. The van der Waals surface area contributed by atoms with Gasteiger partial charge < -0.3 is 14.9 Å². The molecule has 2 aromatic rings. The van der Waals surface area contributed by atoms with E-state index in [2.05, 4.69) is 4.99 Å². The van der Waals surface area contributed by atoms with Crippen molar-refractivity contribution < 1.29 is 19.7 Å². The standard InChI is InChI=1S/C17H15NO4/c1-22-15-7-5-13(6-8-15)16(19)11-18-10-12-3-2-4-14(9-12)17(20)21/h2-11,19H,1H3,(H,20,21)/b16-11-,18-10?. The Morgan fingerprint density at radius 1 is 1.09 bits per heavy atom. The number of ether oxygens (including phenoxy) is 1. The van der Waals surface area contributed by atoms with Gasteiger partial charge in [0.05, 0.1) is 18.9 Å². The third kappa shape index (κ3) is 3.96. The number of carbonyl (C=O) groups is 1. The van der Waals surface area contributed by atoms with Crippen molar-refractivity contribution in [3.05, 3.63) is 71.4 Å². The second kappa shape index (κ2) is 7.08. The number of aliphatic hydroxyl groups excluding tert-OH is 1. The summed E-state index contributed by atoms with van der Waals surface area (Å²) in [6.45, 7) is 0. The maximum Gasteiger partial charge on any atom is 0.335 e. The summed E-state index contributed by atoms with van der Waals surface area (Å²) >= 11 is 0. The Labute approximate surface area is 127 Å². The summed E-state index contributed by atoms with van der Waals surface area (Å²) in [5.41, 5.74) is 1.43. The van der Waals surface area contributed by atoms with Gasteiger partial charge in [0.15, 0.2) is 0 Å². The highest BCUT2D eigenvalue weighted by molar-refractivity contribution is 5.91. The number of aliphatic imine (C=N–C) groups is 1. The van der Waals surface area contributed by atoms with Crippen molar-refractivity contribution in [1.82, 2.24) is 0 Å². The normalized spacial score (nSPS) is 11.6. The number of aliphatic hydroxyl groups is 1. The Morgan fingerprint density at radius 2 is 1.82 bits per heavy atom. The fraction of sp³-hybridized carbons (Fsp3) is 0.0588. The van der Waals surface area contributed by atoms with Crippen LogP contribution in [0.4, 0.5) is 0 Å². The van der Waals surface area contributed by atoms with Crippen LogP contribution in [-0.4, -0.2) is 29.5 Å². The van der Waals surface area contributed by atoms with Crippen LogP contribution in [0, 0.1) is 0 Å². The molecular weight excluding hydrogens is 282 g/mol. The fourth-order valence-electron chi connectivity index (χ4n) is 1.78. The Kier molecular flexibility index (Phi) is 4.93. The molecule has 0 saturated carbocycles. The molecule has 0 aliphatic heterocycles. The smallest absolute Gasteiger partial charge is 0.335 e. The van der Waals surface area contributed by atoms with Crippen LogP contribution in [0.2, 0.25) is 0 Å². The van der Waals surface area contributed by atoms with Crippen molar-refractivity contribution in [3.63, 3.8) is 0 Å². The van der Waals surface area contributed by atoms with Crippen molar-refractivity contribution in [2.75, 3.05) is 7.11 Å². The van der Waals surface area contributed by atoms with Gasteiger partial charge in [-0.25, -0.2) is 4.79 Å². The molecule has 0 aliphatic carbocycles. The largest absolute Gasteiger partial charge is 0.506 e. The molecule has 0 bridgehead atoms. The molecule has 22 heavy (non-hydrogen) atoms. The van der Waals surface area contributed by atoms with E-state index < -0.39 is 5.97 Å². The maximum atomic E-state index is 10.9. The first kappa shape index (κ1) is 15.3. The predicted octanol–water partition coefficient (Wildman–Crippen LogP) is 3.37. The van der Waals surface area contributed by atoms with Crippen LogP contribution < -0.4 is 4.74 Å². The SMILES string of the molecule is COc1ccc(/C(O)=C/N=Cc2cccc(C(=O)O)c2)cc1. The van der Waals surface area contributed by atoms with Crippen LogP contribution in [0.3, 0.4) is 0 Å². The zero-order chi connectivity index (χ0) is 15.9. The number of hydrogen-bond acceptors (Lipinski definition) is 4. The topological polar surface area (TPSA) is 79.1 Å². The third-order valence-electron chi connectivity index (χ3n) is 2.94. The molecule has 5 nitrogen and oxygen atoms in total. The lowest BCUT2D eigenvalue weighted by molar-refractivity contribution is 0.0697. The Hall–Kier alpha value is -3.08. The highest BCUT2D eigenvalue weighted by atomic mass is 16.5. The monoisotopic (exact) mass is 297 g/mol. The van der Waals surface area contributed by atoms with Gasteiger partial charge in [0.25, 0.3) is 0 Å². The molecule has 0 unspecified atom stereocenters. The zero-order valence-electron chi connectivity index (χ0n) is 11.9. The number of methoxy groups -OCH3 is 1. The minimum absolute atomic E-state index is 0.00768. The van der Waals surface area contributed by atoms with E-state index in [0.717, 1.165) is 0 Å². The molecule has 0 aliphatic rings. The van der Waals surface area contributed by atoms with Gasteiger partial charge in [-0.3, -0.25) is 4.99 Å². The van der Waals surface area contributed by atoms with E-state index in [1.807, 2.05) is 0 Å². The third-order valence-corrected chi connectivity index (χ3v) is 2.94. The molecule has 0 heterocycles. The maximum absolute atomic E-state index is 10.9. The number of hydrogen-bond donors (Lipinski definition) is 2. The first-order valence-corrected chi connectivity index (χ1v) is 6.50. The van der Waals surface area contributed by atoms with Gasteiger partial charge in [-0.2, -0.15) is 0 Å². The second-order valence-electron chi connectivity index (χ2n) is 4.45. The average molecular weight is 297 g/mol. The van der Waals surface area contributed by atoms with Crippen LogP contribution in [-0.2, 0) is 0 Å². The molecule has 2 aromatic carbocycles. The fourth-order valence-corrected chi connectivity index (χ4v) is 1.78. The van der Waals surface area contributed by atoms with Gasteiger partial charge in [-0.15, -0.1) is 0 Å². The number of rotatable bonds is 5. The lowest BCUT2D eigenvalue weighted by Crippen LogP contribution is -1.96. The summed E-state index contributed by atoms with van der Waals surface area (Å²) in [4.78, 5) is 14.9. The number of nitrogens with zero attached hydrogens (tertiary/aromatic N) is 1. The second-order valence-corrected chi connectivity index (χ2v) is 4.45. The van der Waals surface area contributed by atoms with E-state index in [-0.39, 0.29) is 11.3 Å². The summed E-state index contributed by atoms with van der Waals surface area (Å²) < 4.78 is 5.04. The van der Waals surface area contributed by atoms with E-state index in [1.165, 1.54) is 24.5 Å². The quantitative estimate of drug-likeness (QED) is 0.655. The number of carboxylic acid groups (broad SMARTS) is 1. The van der Waals surface area contributed by atoms with Crippen molar-refractivity contribution in [1.29, 1.82) is 0 Å². The van der Waals surface area contributed by atoms with Gasteiger partial charge in [-0.05, 0) is 42.0 Å². The molecule has 5 heteroatoms. The van der Waals surface area contributed by atoms with Crippen LogP contribution in [0.1, 0.15) is 21.5 Å². The highest BCUT2D eigenvalue weighted by Crippen LogP contribution is 2.16. The number of aromatic carboxylic acids is 1. The zero-order valence-corrected chi connectivity index (χ0v) is 11.9. The van der Waals surface area contributed by atoms with Crippen molar-refractivity contribution in [2.24, 2.45) is 4.99 Å². The van der Waals surface area contributed by atoms with E-state index in [4.69, 9.17) is 9.84 Å². The summed E-state index contributed by atoms with van der Waals surface area (Å²) in [7, 11) is 1.57. The Balaban J connectivity index is 2.12. The first-order chi connectivity index (χ1) is 10.6. The van der Waals surface area contributed by atoms with Crippen molar-refractivity contribution >= 4 is 17.9 Å². The summed E-state index contributed by atoms with van der Waals surface area (Å²) in [5.74, 6) is -0.286. The summed E-state index contributed by atoms with van der Waals surface area (Å²) in [6, 6.07) is 13.3. The lowest BCUT2D eigenvalue weighted by atomic mass is 10.1. The molecule has 0 aromatic heterocycles. The Bertz CT molecular complexity index is 718. The number of carboxylic acids is 1. The van der Waals surface area contributed by atoms with Gasteiger partial charge in [-0.1, -0.05) is 12.1 Å². The van der Waals surface area contributed by atoms with E-state index in [0.29, 0.717) is 16.9 Å². The van der Waals surface area contributed by atoms with E-state index in [9.17, 15) is 9.90 Å². The molecule has 0 spiro atoms. The number of benzene rings is 2. The molecule has 0 amide bonds. The molecule has 112 valence electrons. The summed E-state index contributed by atoms with van der Waals surface area (Å²) in [5, 5.41) is 18.8. The molecule has 0 atom stereocenters. The van der Waals surface area contributed by atoms with Crippen LogP contribution in [0.5, 0.6) is 5.75 Å². The van der Waals surface area contributed by atoms with Gasteiger partial charge in [0.2, 0.25) is 0 Å². The Morgan fingerprint density at radius 3 is 2.45 bits per heavy atom. The van der Waals surface area contributed by atoms with Crippen molar-refractivity contribution in [2.45, 2.75) is 0 Å². The van der Waals surface area contributed by atoms with Gasteiger partial charge in [0.1, 0.15) is 11.5 Å². The van der Waals surface area contributed by atoms with Gasteiger partial charge in [0, 0.05) is 11.8 Å². The minimum Gasteiger partial charge on any atom is -0.506 e. The van der Waals surface area contributed by atoms with Crippen LogP contribution >= 0.6 is 0 Å². The van der Waals surface area contributed by atoms with Crippen LogP contribution in [0.25, 0.3) is 5.76 Å². The highest BCUT2D eigenvalue weighted by Gasteiger charge is 2.01. The molecule has 2 rings (SSSR count). The predicted molar refractivity (Wildman–Crippen MR) is 84.6 cm³/mol. The molecule has 0 radical (unpaired) electrons. The first-order valence-electron chi connectivity index (χ1n) is 6.50. The van der Waals surface area contributed by atoms with E-state index in [1.54, 1.807) is 43.5 Å². The van der Waals surface area contributed by atoms with E-state index >= 15 is 0 Å². The lowest BCUT2D eigenvalue weighted by Gasteiger charge is -2.01. The van der Waals surface area contributed by atoms with Crippen LogP contribution in [0.15, 0.2) is 59.7 Å². The molecular formula is C17H15NO4. The van der Waals surface area contributed by atoms with Gasteiger partial charge >= 0.3 is 5.97 Å². The minimum atomic E-state index is -0.994. The summed E-state index contributed by atoms with van der Waals surface area (Å²) in [6.07, 6.45) is 2.78.